The molecule has 0 radical (unpaired) electrons. The fourth-order valence-electron chi connectivity index (χ4n) is 2.86. The van der Waals surface area contributed by atoms with Gasteiger partial charge in [-0.3, -0.25) is 0 Å². The lowest BCUT2D eigenvalue weighted by Gasteiger charge is -2.28. The molecule has 2 N–H and O–H groups in total. The Hall–Kier alpha value is -1.09. The molecule has 1 unspecified atom stereocenters. The summed E-state index contributed by atoms with van der Waals surface area (Å²) >= 11 is 0. The molecule has 0 amide bonds. The molecular formula is C17H25FN2. The molecule has 0 spiro atoms. The fourth-order valence-corrected chi connectivity index (χ4v) is 2.86. The van der Waals surface area contributed by atoms with E-state index >= 15 is 0 Å². The quantitative estimate of drug-likeness (QED) is 0.826. The number of benzene rings is 1. The van der Waals surface area contributed by atoms with Crippen LogP contribution in [0, 0.1) is 11.7 Å². The molecule has 2 aliphatic rings. The van der Waals surface area contributed by atoms with Crippen LogP contribution in [0.25, 0.3) is 0 Å². The molecule has 2 nitrogen and oxygen atoms in total. The van der Waals surface area contributed by atoms with Crippen molar-refractivity contribution in [2.75, 3.05) is 11.4 Å². The summed E-state index contributed by atoms with van der Waals surface area (Å²) in [6.45, 7) is 3.12. The zero-order valence-electron chi connectivity index (χ0n) is 12.3. The molecule has 1 atom stereocenters. The molecule has 2 aliphatic carbocycles. The van der Waals surface area contributed by atoms with Gasteiger partial charge in [-0.15, -0.1) is 0 Å². The highest BCUT2D eigenvalue weighted by Gasteiger charge is 2.35. The summed E-state index contributed by atoms with van der Waals surface area (Å²) in [5, 5.41) is 0. The molecule has 1 aromatic rings. The minimum absolute atomic E-state index is 0.0710. The van der Waals surface area contributed by atoms with Crippen LogP contribution in [0.5, 0.6) is 0 Å². The fraction of sp³-hybridized carbons (Fsp3) is 0.647. The largest absolute Gasteiger partial charge is 0.366 e. The lowest BCUT2D eigenvalue weighted by atomic mass is 10.0. The Morgan fingerprint density at radius 3 is 2.65 bits per heavy atom. The third-order valence-corrected chi connectivity index (χ3v) is 4.50. The van der Waals surface area contributed by atoms with Crippen molar-refractivity contribution >= 4 is 5.69 Å². The van der Waals surface area contributed by atoms with Crippen LogP contribution >= 0.6 is 0 Å². The van der Waals surface area contributed by atoms with Crippen LogP contribution in [0.15, 0.2) is 18.2 Å². The maximum atomic E-state index is 14.4. The zero-order valence-corrected chi connectivity index (χ0v) is 12.3. The molecule has 0 saturated heterocycles. The smallest absolute Gasteiger partial charge is 0.146 e. The first kappa shape index (κ1) is 13.9. The van der Waals surface area contributed by atoms with Crippen molar-refractivity contribution in [1.82, 2.24) is 0 Å². The van der Waals surface area contributed by atoms with Gasteiger partial charge >= 0.3 is 0 Å². The molecule has 3 heteroatoms. The van der Waals surface area contributed by atoms with E-state index in [4.69, 9.17) is 5.73 Å². The summed E-state index contributed by atoms with van der Waals surface area (Å²) in [6.07, 6.45) is 6.74. The van der Waals surface area contributed by atoms with Crippen molar-refractivity contribution in [2.24, 2.45) is 11.7 Å². The predicted octanol–water partition coefficient (Wildman–Crippen LogP) is 3.48. The second-order valence-electron chi connectivity index (χ2n) is 6.45. The first-order valence-corrected chi connectivity index (χ1v) is 7.98. The Labute approximate surface area is 121 Å². The molecule has 110 valence electrons. The standard InChI is InChI=1S/C17H25FN2/c1-2-14(19)10-13-4-3-5-16(18)17(13)20(15-8-9-15)11-12-6-7-12/h3-5,12,14-15H,2,6-11,19H2,1H3. The molecule has 0 aromatic heterocycles. The van der Waals surface area contributed by atoms with Crippen LogP contribution < -0.4 is 10.6 Å². The SMILES string of the molecule is CCC(N)Cc1cccc(F)c1N(CC1CC1)C1CC1. The highest BCUT2D eigenvalue weighted by molar-refractivity contribution is 5.57. The number of nitrogens with two attached hydrogens (primary N) is 1. The van der Waals surface area contributed by atoms with Gasteiger partial charge in [-0.25, -0.2) is 4.39 Å². The second kappa shape index (κ2) is 5.72. The van der Waals surface area contributed by atoms with Crippen LogP contribution in [0.2, 0.25) is 0 Å². The van der Waals surface area contributed by atoms with Crippen molar-refractivity contribution < 1.29 is 4.39 Å². The Balaban J connectivity index is 1.87. The van der Waals surface area contributed by atoms with Gasteiger partial charge in [-0.05, 0) is 56.1 Å². The van der Waals surface area contributed by atoms with Gasteiger partial charge in [0.25, 0.3) is 0 Å². The molecule has 0 heterocycles. The summed E-state index contributed by atoms with van der Waals surface area (Å²) in [6, 6.07) is 6.15. The Morgan fingerprint density at radius 1 is 1.30 bits per heavy atom. The Kier molecular flexibility index (Phi) is 3.97. The third kappa shape index (κ3) is 3.14. The van der Waals surface area contributed by atoms with Gasteiger partial charge in [-0.1, -0.05) is 19.1 Å². The van der Waals surface area contributed by atoms with Gasteiger partial charge in [0.15, 0.2) is 0 Å². The maximum absolute atomic E-state index is 14.4. The minimum Gasteiger partial charge on any atom is -0.366 e. The van der Waals surface area contributed by atoms with Gasteiger partial charge in [0.05, 0.1) is 5.69 Å². The molecule has 0 aliphatic heterocycles. The molecule has 2 fully saturated rings. The number of halogens is 1. The van der Waals surface area contributed by atoms with E-state index in [9.17, 15) is 4.39 Å². The second-order valence-corrected chi connectivity index (χ2v) is 6.45. The number of hydrogen-bond donors (Lipinski definition) is 1. The minimum atomic E-state index is -0.0710. The lowest BCUT2D eigenvalue weighted by molar-refractivity contribution is 0.596. The van der Waals surface area contributed by atoms with Crippen molar-refractivity contribution in [3.8, 4) is 0 Å². The van der Waals surface area contributed by atoms with E-state index in [0.29, 0.717) is 6.04 Å². The number of anilines is 1. The normalized spacial score (nSPS) is 19.9. The summed E-state index contributed by atoms with van der Waals surface area (Å²) in [4.78, 5) is 2.34. The molecule has 20 heavy (non-hydrogen) atoms. The van der Waals surface area contributed by atoms with Gasteiger partial charge in [0.1, 0.15) is 5.82 Å². The molecular weight excluding hydrogens is 251 g/mol. The molecule has 2 saturated carbocycles. The summed E-state index contributed by atoms with van der Waals surface area (Å²) in [5.41, 5.74) is 8.02. The summed E-state index contributed by atoms with van der Waals surface area (Å²) in [7, 11) is 0. The average molecular weight is 276 g/mol. The van der Waals surface area contributed by atoms with Crippen LogP contribution in [-0.4, -0.2) is 18.6 Å². The van der Waals surface area contributed by atoms with E-state index in [1.165, 1.54) is 25.7 Å². The number of rotatable bonds is 7. The van der Waals surface area contributed by atoms with Crippen LogP contribution in [0.4, 0.5) is 10.1 Å². The Bertz CT molecular complexity index is 466. The van der Waals surface area contributed by atoms with E-state index in [1.807, 2.05) is 6.07 Å². The van der Waals surface area contributed by atoms with Crippen LogP contribution in [0.1, 0.15) is 44.6 Å². The van der Waals surface area contributed by atoms with E-state index in [0.717, 1.165) is 36.6 Å². The van der Waals surface area contributed by atoms with E-state index < -0.39 is 0 Å². The van der Waals surface area contributed by atoms with E-state index in [1.54, 1.807) is 6.07 Å². The monoisotopic (exact) mass is 276 g/mol. The van der Waals surface area contributed by atoms with Crippen molar-refractivity contribution in [3.05, 3.63) is 29.6 Å². The Morgan fingerprint density at radius 2 is 2.05 bits per heavy atom. The molecule has 3 rings (SSSR count). The highest BCUT2D eigenvalue weighted by Crippen LogP contribution is 2.40. The average Bonchev–Trinajstić information content (AvgIpc) is 3.29. The summed E-state index contributed by atoms with van der Waals surface area (Å²) < 4.78 is 14.4. The van der Waals surface area contributed by atoms with Gasteiger partial charge < -0.3 is 10.6 Å². The zero-order chi connectivity index (χ0) is 14.1. The summed E-state index contributed by atoms with van der Waals surface area (Å²) in [5.74, 6) is 0.709. The van der Waals surface area contributed by atoms with E-state index in [-0.39, 0.29) is 11.9 Å². The number of nitrogens with zero attached hydrogens (tertiary/aromatic N) is 1. The first-order valence-electron chi connectivity index (χ1n) is 7.98. The molecule has 1 aromatic carbocycles. The van der Waals surface area contributed by atoms with E-state index in [2.05, 4.69) is 17.9 Å². The maximum Gasteiger partial charge on any atom is 0.146 e. The van der Waals surface area contributed by atoms with Crippen molar-refractivity contribution in [2.45, 2.75) is 57.5 Å². The highest BCUT2D eigenvalue weighted by atomic mass is 19.1. The van der Waals surface area contributed by atoms with Crippen LogP contribution in [-0.2, 0) is 6.42 Å². The van der Waals surface area contributed by atoms with Gasteiger partial charge in [-0.2, -0.15) is 0 Å². The van der Waals surface area contributed by atoms with Crippen molar-refractivity contribution in [1.29, 1.82) is 0 Å². The van der Waals surface area contributed by atoms with Gasteiger partial charge in [0.2, 0.25) is 0 Å². The van der Waals surface area contributed by atoms with Crippen molar-refractivity contribution in [3.63, 3.8) is 0 Å². The van der Waals surface area contributed by atoms with Gasteiger partial charge in [0, 0.05) is 18.6 Å². The number of hydrogen-bond acceptors (Lipinski definition) is 2. The third-order valence-electron chi connectivity index (χ3n) is 4.50. The molecule has 0 bridgehead atoms. The predicted molar refractivity (Wildman–Crippen MR) is 81.5 cm³/mol. The lowest BCUT2D eigenvalue weighted by Crippen LogP contribution is -2.31. The first-order chi connectivity index (χ1) is 9.69. The van der Waals surface area contributed by atoms with Crippen LogP contribution in [0.3, 0.4) is 0 Å². The topological polar surface area (TPSA) is 29.3 Å². The number of para-hydroxylation sites is 1.